The van der Waals surface area contributed by atoms with E-state index >= 15 is 0 Å². The fourth-order valence-electron chi connectivity index (χ4n) is 5.53. The van der Waals surface area contributed by atoms with Gasteiger partial charge in [0.1, 0.15) is 6.04 Å². The van der Waals surface area contributed by atoms with Crippen molar-refractivity contribution in [3.8, 4) is 0 Å². The molecule has 0 saturated heterocycles. The molecular weight excluding hydrogens is 610 g/mol. The van der Waals surface area contributed by atoms with Crippen LogP contribution in [0.1, 0.15) is 163 Å². The van der Waals surface area contributed by atoms with Crippen molar-refractivity contribution < 1.29 is 28.7 Å². The molecule has 0 aromatic heterocycles. The quantitative estimate of drug-likeness (QED) is 0.0271. The molecule has 48 heavy (non-hydrogen) atoms. The number of unbranched alkanes of at least 4 members (excludes halogenated alkanes) is 9. The zero-order valence-corrected chi connectivity index (χ0v) is 31.0. The fraction of sp³-hybridized carbons (Fsp3) is 0.865. The van der Waals surface area contributed by atoms with Gasteiger partial charge in [-0.2, -0.15) is 0 Å². The van der Waals surface area contributed by atoms with Gasteiger partial charge in [-0.15, -0.1) is 0 Å². The first-order valence-corrected chi connectivity index (χ1v) is 19.2. The van der Waals surface area contributed by atoms with Crippen LogP contribution < -0.4 is 22.1 Å². The van der Waals surface area contributed by atoms with Crippen molar-refractivity contribution in [2.24, 2.45) is 28.3 Å². The van der Waals surface area contributed by atoms with Gasteiger partial charge in [-0.3, -0.25) is 24.2 Å². The Hall–Kier alpha value is -2.85. The Morgan fingerprint density at radius 1 is 0.604 bits per heavy atom. The molecule has 0 radical (unpaired) electrons. The summed E-state index contributed by atoms with van der Waals surface area (Å²) in [5, 5.41) is 5.64. The molecule has 0 fully saturated rings. The van der Waals surface area contributed by atoms with Crippen molar-refractivity contribution in [3.63, 3.8) is 0 Å². The van der Waals surface area contributed by atoms with Gasteiger partial charge in [-0.25, -0.2) is 0 Å². The number of carbonyl (C=O) groups is 4. The number of nitrogens with zero attached hydrogens (tertiary/aromatic N) is 1. The zero-order valence-electron chi connectivity index (χ0n) is 31.0. The van der Waals surface area contributed by atoms with Crippen LogP contribution in [-0.4, -0.2) is 62.1 Å². The molecule has 0 aliphatic heterocycles. The van der Waals surface area contributed by atoms with Crippen molar-refractivity contribution in [3.05, 3.63) is 0 Å². The fourth-order valence-corrected chi connectivity index (χ4v) is 5.53. The highest BCUT2D eigenvalue weighted by molar-refractivity contribution is 5.87. The van der Waals surface area contributed by atoms with Crippen LogP contribution in [0, 0.1) is 11.8 Å². The minimum Gasteiger partial charge on any atom is -0.465 e. The summed E-state index contributed by atoms with van der Waals surface area (Å²) >= 11 is 0. The summed E-state index contributed by atoms with van der Waals surface area (Å²) in [6.45, 7) is 9.64. The Kier molecular flexibility index (Phi) is 29.6. The van der Waals surface area contributed by atoms with Gasteiger partial charge in [0.15, 0.2) is 5.96 Å². The number of guanidine groups is 1. The maximum atomic E-state index is 12.9. The largest absolute Gasteiger partial charge is 0.465 e. The number of aliphatic imine (C=N–C) groups is 1. The van der Waals surface area contributed by atoms with Gasteiger partial charge >= 0.3 is 11.9 Å². The maximum Gasteiger partial charge on any atom is 0.308 e. The van der Waals surface area contributed by atoms with Gasteiger partial charge in [-0.1, -0.05) is 105 Å². The lowest BCUT2D eigenvalue weighted by Crippen LogP contribution is -2.47. The molecule has 0 aromatic carbocycles. The smallest absolute Gasteiger partial charge is 0.308 e. The summed E-state index contributed by atoms with van der Waals surface area (Å²) < 4.78 is 11.1. The predicted octanol–water partition coefficient (Wildman–Crippen LogP) is 6.45. The van der Waals surface area contributed by atoms with E-state index in [4.69, 9.17) is 20.9 Å². The van der Waals surface area contributed by atoms with E-state index in [1.165, 1.54) is 19.3 Å². The first kappa shape index (κ1) is 45.2. The Morgan fingerprint density at radius 2 is 1.10 bits per heavy atom. The van der Waals surface area contributed by atoms with Crippen LogP contribution in [0.25, 0.3) is 0 Å². The van der Waals surface area contributed by atoms with Crippen molar-refractivity contribution in [1.82, 2.24) is 10.6 Å². The number of hydrogen-bond acceptors (Lipinski definition) is 7. The molecule has 0 aliphatic carbocycles. The normalized spacial score (nSPS) is 12.8. The summed E-state index contributed by atoms with van der Waals surface area (Å²) in [5.41, 5.74) is 10.9. The maximum absolute atomic E-state index is 12.9. The van der Waals surface area contributed by atoms with E-state index < -0.39 is 6.04 Å². The number of amides is 2. The summed E-state index contributed by atoms with van der Waals surface area (Å²) in [5.74, 6) is -1.13. The topological polar surface area (TPSA) is 175 Å². The van der Waals surface area contributed by atoms with E-state index in [1.54, 1.807) is 0 Å². The Balaban J connectivity index is 4.66. The third kappa shape index (κ3) is 25.2. The van der Waals surface area contributed by atoms with Crippen molar-refractivity contribution in [2.75, 3.05) is 26.3 Å². The first-order chi connectivity index (χ1) is 23.2. The molecule has 2 unspecified atom stereocenters. The molecular formula is C37H71N5O6. The van der Waals surface area contributed by atoms with Crippen LogP contribution in [0.3, 0.4) is 0 Å². The second kappa shape index (κ2) is 31.4. The summed E-state index contributed by atoms with van der Waals surface area (Å²) in [7, 11) is 0. The van der Waals surface area contributed by atoms with Crippen molar-refractivity contribution >= 4 is 29.7 Å². The van der Waals surface area contributed by atoms with Crippen LogP contribution >= 0.6 is 0 Å². The minimum absolute atomic E-state index is 0.0359. The lowest BCUT2D eigenvalue weighted by molar-refractivity contribution is -0.150. The second-order valence-corrected chi connectivity index (χ2v) is 13.0. The van der Waals surface area contributed by atoms with Gasteiger partial charge in [-0.05, 0) is 51.4 Å². The molecule has 11 heteroatoms. The average Bonchev–Trinajstić information content (AvgIpc) is 3.06. The summed E-state index contributed by atoms with van der Waals surface area (Å²) in [4.78, 5) is 55.0. The monoisotopic (exact) mass is 682 g/mol. The highest BCUT2D eigenvalue weighted by Gasteiger charge is 2.22. The third-order valence-corrected chi connectivity index (χ3v) is 8.56. The van der Waals surface area contributed by atoms with Crippen LogP contribution in [-0.2, 0) is 28.7 Å². The van der Waals surface area contributed by atoms with E-state index in [1.807, 2.05) is 0 Å². The number of hydrogen-bond donors (Lipinski definition) is 4. The molecule has 280 valence electrons. The first-order valence-electron chi connectivity index (χ1n) is 19.2. The number of rotatable bonds is 32. The molecule has 0 rings (SSSR count). The zero-order chi connectivity index (χ0) is 35.8. The molecule has 0 spiro atoms. The van der Waals surface area contributed by atoms with Crippen molar-refractivity contribution in [1.29, 1.82) is 0 Å². The van der Waals surface area contributed by atoms with Crippen LogP contribution in [0.15, 0.2) is 4.99 Å². The van der Waals surface area contributed by atoms with Crippen LogP contribution in [0.2, 0.25) is 0 Å². The van der Waals surface area contributed by atoms with Crippen LogP contribution in [0.4, 0.5) is 0 Å². The van der Waals surface area contributed by atoms with Gasteiger partial charge in [0.2, 0.25) is 11.8 Å². The Labute approximate surface area is 291 Å². The van der Waals surface area contributed by atoms with Crippen LogP contribution in [0.5, 0.6) is 0 Å². The molecule has 0 heterocycles. The second-order valence-electron chi connectivity index (χ2n) is 13.0. The minimum atomic E-state index is -0.811. The molecule has 2 amide bonds. The van der Waals surface area contributed by atoms with Gasteiger partial charge in [0.05, 0.1) is 25.0 Å². The Bertz CT molecular complexity index is 880. The van der Waals surface area contributed by atoms with E-state index in [0.717, 1.165) is 83.5 Å². The van der Waals surface area contributed by atoms with Gasteiger partial charge in [0, 0.05) is 19.5 Å². The average molecular weight is 682 g/mol. The van der Waals surface area contributed by atoms with Crippen molar-refractivity contribution in [2.45, 2.75) is 169 Å². The highest BCUT2D eigenvalue weighted by Crippen LogP contribution is 2.20. The SMILES string of the molecule is CCCCCCC(CCCC)C(=O)OCCCCNC(=O)[C@H](CCN=C(N)N)NC(=O)CCCOC(=O)C(CCCC)CCCCCC. The number of nitrogens with two attached hydrogens (primary N) is 2. The molecule has 0 saturated carbocycles. The van der Waals surface area contributed by atoms with E-state index in [-0.39, 0.29) is 67.5 Å². The number of nitrogens with one attached hydrogen (secondary N) is 2. The summed E-state index contributed by atoms with van der Waals surface area (Å²) in [6.07, 6.45) is 18.5. The van der Waals surface area contributed by atoms with Gasteiger partial charge < -0.3 is 31.6 Å². The van der Waals surface area contributed by atoms with Gasteiger partial charge in [0.25, 0.3) is 0 Å². The molecule has 3 atom stereocenters. The molecule has 11 nitrogen and oxygen atoms in total. The number of carbonyl (C=O) groups excluding carboxylic acids is 4. The molecule has 0 bridgehead atoms. The van der Waals surface area contributed by atoms with E-state index in [0.29, 0.717) is 32.4 Å². The lowest BCUT2D eigenvalue weighted by atomic mass is 9.95. The lowest BCUT2D eigenvalue weighted by Gasteiger charge is -2.18. The van der Waals surface area contributed by atoms with E-state index in [2.05, 4.69) is 43.3 Å². The molecule has 0 aromatic rings. The summed E-state index contributed by atoms with van der Waals surface area (Å²) in [6, 6.07) is -0.811. The molecule has 0 aliphatic rings. The Morgan fingerprint density at radius 3 is 1.60 bits per heavy atom. The number of ether oxygens (including phenoxy) is 2. The molecule has 6 N–H and O–H groups in total. The standard InChI is InChI=1S/C37H71N5O6/c1-5-9-13-15-22-30(20-11-7-3)35(45)47-28-18-17-26-40-34(44)32(25-27-41-37(38)39)42-33(43)24-19-29-48-36(46)31(21-12-8-4)23-16-14-10-6-2/h30-32H,5-29H2,1-4H3,(H,40,44)(H,42,43)(H4,38,39,41)/t30?,31?,32-/m0/s1. The number of esters is 2. The predicted molar refractivity (Wildman–Crippen MR) is 194 cm³/mol. The third-order valence-electron chi connectivity index (χ3n) is 8.56. The highest BCUT2D eigenvalue weighted by atomic mass is 16.5. The van der Waals surface area contributed by atoms with E-state index in [9.17, 15) is 19.2 Å².